The second-order valence-electron chi connectivity index (χ2n) is 3.60. The minimum Gasteiger partial charge on any atom is -0.477 e. The highest BCUT2D eigenvalue weighted by Crippen LogP contribution is 2.19. The number of aromatic nitrogens is 1. The molecule has 0 saturated carbocycles. The van der Waals surface area contributed by atoms with Crippen LogP contribution in [0.3, 0.4) is 0 Å². The normalized spacial score (nSPS) is 10.3. The maximum Gasteiger partial charge on any atom is 0.354 e. The Morgan fingerprint density at radius 3 is 2.80 bits per heavy atom. The summed E-state index contributed by atoms with van der Waals surface area (Å²) in [6.45, 7) is 4.43. The van der Waals surface area contributed by atoms with Gasteiger partial charge in [-0.05, 0) is 18.1 Å². The van der Waals surface area contributed by atoms with E-state index in [9.17, 15) is 4.79 Å². The van der Waals surface area contributed by atoms with Gasteiger partial charge in [0.05, 0.1) is 12.3 Å². The predicted octanol–water partition coefficient (Wildman–Crippen LogP) is 1.40. The molecule has 1 aromatic heterocycles. The van der Waals surface area contributed by atoms with Gasteiger partial charge >= 0.3 is 5.97 Å². The summed E-state index contributed by atoms with van der Waals surface area (Å²) in [7, 11) is 0. The van der Waals surface area contributed by atoms with Gasteiger partial charge in [-0.25, -0.2) is 9.78 Å². The van der Waals surface area contributed by atoms with Crippen LogP contribution in [-0.4, -0.2) is 22.7 Å². The van der Waals surface area contributed by atoms with Gasteiger partial charge in [0.25, 0.3) is 0 Å². The number of nitrogen functional groups attached to an aromatic ring is 1. The van der Waals surface area contributed by atoms with E-state index in [-0.39, 0.29) is 11.6 Å². The third kappa shape index (κ3) is 3.12. The molecule has 0 radical (unpaired) electrons. The van der Waals surface area contributed by atoms with Crippen LogP contribution in [0, 0.1) is 5.92 Å². The van der Waals surface area contributed by atoms with E-state index in [4.69, 9.17) is 15.6 Å². The molecule has 0 aliphatic heterocycles. The molecule has 5 heteroatoms. The van der Waals surface area contributed by atoms with Crippen molar-refractivity contribution in [3.05, 3.63) is 17.8 Å². The van der Waals surface area contributed by atoms with Gasteiger partial charge in [-0.2, -0.15) is 0 Å². The number of carboxylic acids is 1. The van der Waals surface area contributed by atoms with Crippen LogP contribution in [-0.2, 0) is 0 Å². The van der Waals surface area contributed by atoms with Crippen molar-refractivity contribution < 1.29 is 14.6 Å². The molecule has 0 fully saturated rings. The molecule has 0 bridgehead atoms. The van der Waals surface area contributed by atoms with E-state index < -0.39 is 5.97 Å². The number of carboxylic acid groups (broad SMARTS) is 1. The second-order valence-corrected chi connectivity index (χ2v) is 3.60. The predicted molar refractivity (Wildman–Crippen MR) is 55.9 cm³/mol. The maximum absolute atomic E-state index is 10.6. The van der Waals surface area contributed by atoms with Crippen LogP contribution < -0.4 is 10.5 Å². The molecule has 15 heavy (non-hydrogen) atoms. The lowest BCUT2D eigenvalue weighted by Gasteiger charge is -2.09. The summed E-state index contributed by atoms with van der Waals surface area (Å²) < 4.78 is 5.29. The summed E-state index contributed by atoms with van der Waals surface area (Å²) in [5.74, 6) is -0.576. The Labute approximate surface area is 87.9 Å². The molecule has 0 aliphatic carbocycles. The largest absolute Gasteiger partial charge is 0.477 e. The van der Waals surface area contributed by atoms with Crippen molar-refractivity contribution in [2.24, 2.45) is 5.92 Å². The molecule has 5 nitrogen and oxygen atoms in total. The molecule has 82 valence electrons. The number of hydrogen-bond donors (Lipinski definition) is 2. The van der Waals surface area contributed by atoms with Crippen molar-refractivity contribution in [2.75, 3.05) is 12.3 Å². The third-order valence-corrected chi connectivity index (χ3v) is 1.66. The zero-order chi connectivity index (χ0) is 11.4. The lowest BCUT2D eigenvalue weighted by atomic mass is 10.2. The fraction of sp³-hybridized carbons (Fsp3) is 0.400. The number of nitrogens with zero attached hydrogens (tertiary/aromatic N) is 1. The topological polar surface area (TPSA) is 85.4 Å². The Kier molecular flexibility index (Phi) is 3.49. The minimum absolute atomic E-state index is 0.0667. The van der Waals surface area contributed by atoms with Crippen LogP contribution in [0.4, 0.5) is 5.69 Å². The smallest absolute Gasteiger partial charge is 0.354 e. The summed E-state index contributed by atoms with van der Waals surface area (Å²) in [5, 5.41) is 8.72. The van der Waals surface area contributed by atoms with Crippen LogP contribution in [0.25, 0.3) is 0 Å². The average molecular weight is 210 g/mol. The van der Waals surface area contributed by atoms with Gasteiger partial charge in [0, 0.05) is 0 Å². The van der Waals surface area contributed by atoms with Crippen molar-refractivity contribution in [1.29, 1.82) is 0 Å². The molecule has 0 aromatic carbocycles. The first-order chi connectivity index (χ1) is 7.00. The molecular weight excluding hydrogens is 196 g/mol. The number of rotatable bonds is 4. The van der Waals surface area contributed by atoms with Crippen LogP contribution in [0.1, 0.15) is 24.3 Å². The Hall–Kier alpha value is -1.78. The standard InChI is InChI=1S/C10H14N2O3/c1-6(2)5-15-9-7(11)3-4-8(12-9)10(13)14/h3-4,6H,5,11H2,1-2H3,(H,13,14). The molecule has 0 aliphatic rings. The number of hydrogen-bond acceptors (Lipinski definition) is 4. The van der Waals surface area contributed by atoms with Crippen molar-refractivity contribution >= 4 is 11.7 Å². The number of anilines is 1. The monoisotopic (exact) mass is 210 g/mol. The molecule has 1 aromatic rings. The van der Waals surface area contributed by atoms with Gasteiger partial charge in [0.15, 0.2) is 5.69 Å². The molecular formula is C10H14N2O3. The Bertz CT molecular complexity index is 364. The second kappa shape index (κ2) is 4.63. The highest BCUT2D eigenvalue weighted by atomic mass is 16.5. The summed E-state index contributed by atoms with van der Waals surface area (Å²) in [4.78, 5) is 14.4. The van der Waals surface area contributed by atoms with Crippen LogP contribution in [0.5, 0.6) is 5.88 Å². The van der Waals surface area contributed by atoms with Gasteiger partial charge < -0.3 is 15.6 Å². The molecule has 0 spiro atoms. The van der Waals surface area contributed by atoms with E-state index in [0.717, 1.165) is 0 Å². The Balaban J connectivity index is 2.85. The number of ether oxygens (including phenoxy) is 1. The minimum atomic E-state index is -1.09. The van der Waals surface area contributed by atoms with Gasteiger partial charge in [-0.15, -0.1) is 0 Å². The molecule has 1 heterocycles. The fourth-order valence-electron chi connectivity index (χ4n) is 0.932. The van der Waals surface area contributed by atoms with E-state index in [2.05, 4.69) is 4.98 Å². The highest BCUT2D eigenvalue weighted by Gasteiger charge is 2.09. The van der Waals surface area contributed by atoms with E-state index in [1.807, 2.05) is 13.8 Å². The van der Waals surface area contributed by atoms with Crippen LogP contribution in [0.15, 0.2) is 12.1 Å². The summed E-state index contributed by atoms with van der Waals surface area (Å²) in [6, 6.07) is 2.83. The molecule has 0 amide bonds. The van der Waals surface area contributed by atoms with Crippen molar-refractivity contribution in [2.45, 2.75) is 13.8 Å². The first-order valence-electron chi connectivity index (χ1n) is 4.63. The number of nitrogens with two attached hydrogens (primary N) is 1. The van der Waals surface area contributed by atoms with Gasteiger partial charge in [-0.1, -0.05) is 13.8 Å². The summed E-state index contributed by atoms with van der Waals surface area (Å²) in [6.07, 6.45) is 0. The fourth-order valence-corrected chi connectivity index (χ4v) is 0.932. The number of pyridine rings is 1. The van der Waals surface area contributed by atoms with Gasteiger partial charge in [0.2, 0.25) is 5.88 Å². The zero-order valence-electron chi connectivity index (χ0n) is 8.73. The van der Waals surface area contributed by atoms with Crippen molar-refractivity contribution in [3.8, 4) is 5.88 Å². The van der Waals surface area contributed by atoms with Gasteiger partial charge in [0.1, 0.15) is 0 Å². The highest BCUT2D eigenvalue weighted by molar-refractivity contribution is 5.86. The molecule has 3 N–H and O–H groups in total. The number of aromatic carboxylic acids is 1. The maximum atomic E-state index is 10.6. The first-order valence-corrected chi connectivity index (χ1v) is 4.63. The first kappa shape index (κ1) is 11.3. The quantitative estimate of drug-likeness (QED) is 0.784. The van der Waals surface area contributed by atoms with Crippen LogP contribution >= 0.6 is 0 Å². The third-order valence-electron chi connectivity index (χ3n) is 1.66. The lowest BCUT2D eigenvalue weighted by Crippen LogP contribution is -2.09. The van der Waals surface area contributed by atoms with Gasteiger partial charge in [-0.3, -0.25) is 0 Å². The SMILES string of the molecule is CC(C)COc1nc(C(=O)O)ccc1N. The molecule has 0 atom stereocenters. The summed E-state index contributed by atoms with van der Waals surface area (Å²) >= 11 is 0. The average Bonchev–Trinajstić information content (AvgIpc) is 2.16. The Morgan fingerprint density at radius 2 is 2.27 bits per heavy atom. The van der Waals surface area contributed by atoms with Crippen molar-refractivity contribution in [3.63, 3.8) is 0 Å². The molecule has 1 rings (SSSR count). The van der Waals surface area contributed by atoms with E-state index in [0.29, 0.717) is 18.2 Å². The van der Waals surface area contributed by atoms with Crippen LogP contribution in [0.2, 0.25) is 0 Å². The summed E-state index contributed by atoms with van der Waals surface area (Å²) in [5.41, 5.74) is 5.88. The zero-order valence-corrected chi connectivity index (χ0v) is 8.73. The molecule has 0 unspecified atom stereocenters. The number of carbonyl (C=O) groups is 1. The Morgan fingerprint density at radius 1 is 1.60 bits per heavy atom. The van der Waals surface area contributed by atoms with E-state index >= 15 is 0 Å². The van der Waals surface area contributed by atoms with E-state index in [1.165, 1.54) is 12.1 Å². The van der Waals surface area contributed by atoms with Crippen molar-refractivity contribution in [1.82, 2.24) is 4.98 Å². The molecule has 0 saturated heterocycles. The lowest BCUT2D eigenvalue weighted by molar-refractivity contribution is 0.0689. The van der Waals surface area contributed by atoms with E-state index in [1.54, 1.807) is 0 Å².